The number of primary amides is 1. The number of carbonyl (C=O) groups excluding carboxylic acids is 2. The van der Waals surface area contributed by atoms with Gasteiger partial charge in [0.2, 0.25) is 0 Å². The number of rotatable bonds is 4. The van der Waals surface area contributed by atoms with Gasteiger partial charge in [-0.2, -0.15) is 0 Å². The van der Waals surface area contributed by atoms with Gasteiger partial charge < -0.3 is 20.4 Å². The van der Waals surface area contributed by atoms with E-state index >= 15 is 0 Å². The molecule has 1 fully saturated rings. The number of hydrogen-bond donors (Lipinski definition) is 2. The molecule has 23 heavy (non-hydrogen) atoms. The number of furan rings is 1. The lowest BCUT2D eigenvalue weighted by Crippen LogP contribution is -2.31. The van der Waals surface area contributed by atoms with E-state index in [1.807, 2.05) is 6.07 Å². The molecule has 1 aliphatic rings. The number of nitrogens with zero attached hydrogens (tertiary/aromatic N) is 1. The van der Waals surface area contributed by atoms with Gasteiger partial charge in [-0.25, -0.2) is 0 Å². The standard InChI is InChI=1S/C17H19N3O3/c18-16(21)13-11-12(19-17(22)15-5-4-10-23-15)6-7-14(13)20-8-2-1-3-9-20/h4-7,10-11H,1-3,8-9H2,(H2,18,21)(H,19,22). The molecule has 3 N–H and O–H groups in total. The molecule has 2 heterocycles. The fraction of sp³-hybridized carbons (Fsp3) is 0.294. The molecule has 2 amide bonds. The lowest BCUT2D eigenvalue weighted by atomic mass is 10.1. The predicted molar refractivity (Wildman–Crippen MR) is 87.7 cm³/mol. The molecule has 1 saturated heterocycles. The number of carbonyl (C=O) groups is 2. The maximum Gasteiger partial charge on any atom is 0.291 e. The molecular formula is C17H19N3O3. The smallest absolute Gasteiger partial charge is 0.291 e. The summed E-state index contributed by atoms with van der Waals surface area (Å²) in [6.07, 6.45) is 4.85. The van der Waals surface area contributed by atoms with Crippen molar-refractivity contribution in [1.29, 1.82) is 0 Å². The summed E-state index contributed by atoms with van der Waals surface area (Å²) >= 11 is 0. The summed E-state index contributed by atoms with van der Waals surface area (Å²) < 4.78 is 5.05. The maximum atomic E-state index is 12.0. The van der Waals surface area contributed by atoms with Gasteiger partial charge in [-0.1, -0.05) is 0 Å². The minimum Gasteiger partial charge on any atom is -0.459 e. The summed E-state index contributed by atoms with van der Waals surface area (Å²) in [6, 6.07) is 8.45. The van der Waals surface area contributed by atoms with Crippen LogP contribution in [0, 0.1) is 0 Å². The normalized spacial score (nSPS) is 14.5. The van der Waals surface area contributed by atoms with Crippen LogP contribution in [-0.2, 0) is 0 Å². The van der Waals surface area contributed by atoms with E-state index in [-0.39, 0.29) is 11.7 Å². The van der Waals surface area contributed by atoms with Crippen molar-refractivity contribution in [2.75, 3.05) is 23.3 Å². The molecule has 0 radical (unpaired) electrons. The highest BCUT2D eigenvalue weighted by Crippen LogP contribution is 2.27. The molecule has 0 unspecified atom stereocenters. The Kier molecular flexibility index (Phi) is 4.32. The molecule has 0 atom stereocenters. The van der Waals surface area contributed by atoms with Crippen LogP contribution < -0.4 is 16.0 Å². The van der Waals surface area contributed by atoms with Gasteiger partial charge in [0.15, 0.2) is 5.76 Å². The van der Waals surface area contributed by atoms with Crippen molar-refractivity contribution >= 4 is 23.2 Å². The minimum atomic E-state index is -0.500. The molecule has 1 aliphatic heterocycles. The van der Waals surface area contributed by atoms with Gasteiger partial charge in [-0.3, -0.25) is 9.59 Å². The predicted octanol–water partition coefficient (Wildman–Crippen LogP) is 2.62. The largest absolute Gasteiger partial charge is 0.459 e. The summed E-state index contributed by atoms with van der Waals surface area (Å²) in [5, 5.41) is 2.71. The van der Waals surface area contributed by atoms with Crippen molar-refractivity contribution in [2.45, 2.75) is 19.3 Å². The van der Waals surface area contributed by atoms with Gasteiger partial charge in [0.05, 0.1) is 11.8 Å². The van der Waals surface area contributed by atoms with E-state index in [1.165, 1.54) is 12.7 Å². The Bertz CT molecular complexity index is 704. The zero-order valence-electron chi connectivity index (χ0n) is 12.7. The van der Waals surface area contributed by atoms with Crippen molar-refractivity contribution in [3.8, 4) is 0 Å². The Labute approximate surface area is 134 Å². The first-order valence-corrected chi connectivity index (χ1v) is 7.69. The van der Waals surface area contributed by atoms with Crippen LogP contribution in [0.3, 0.4) is 0 Å². The van der Waals surface area contributed by atoms with Gasteiger partial charge >= 0.3 is 0 Å². The summed E-state index contributed by atoms with van der Waals surface area (Å²) in [6.45, 7) is 1.83. The molecule has 2 aromatic rings. The molecule has 3 rings (SSSR count). The maximum absolute atomic E-state index is 12.0. The summed E-state index contributed by atoms with van der Waals surface area (Å²) in [4.78, 5) is 26.0. The zero-order chi connectivity index (χ0) is 16.2. The molecule has 0 bridgehead atoms. The molecule has 120 valence electrons. The molecule has 0 saturated carbocycles. The van der Waals surface area contributed by atoms with Crippen molar-refractivity contribution in [1.82, 2.24) is 0 Å². The first-order chi connectivity index (χ1) is 11.1. The third-order valence-corrected chi connectivity index (χ3v) is 3.96. The quantitative estimate of drug-likeness (QED) is 0.908. The first-order valence-electron chi connectivity index (χ1n) is 7.69. The van der Waals surface area contributed by atoms with Crippen LogP contribution >= 0.6 is 0 Å². The topological polar surface area (TPSA) is 88.6 Å². The van der Waals surface area contributed by atoms with Gasteiger partial charge in [-0.15, -0.1) is 0 Å². The molecule has 1 aromatic carbocycles. The average Bonchev–Trinajstić information content (AvgIpc) is 3.10. The number of piperidine rings is 1. The van der Waals surface area contributed by atoms with Gasteiger partial charge in [0, 0.05) is 24.5 Å². The van der Waals surface area contributed by atoms with Crippen LogP contribution in [0.1, 0.15) is 40.2 Å². The summed E-state index contributed by atoms with van der Waals surface area (Å²) in [7, 11) is 0. The highest BCUT2D eigenvalue weighted by molar-refractivity contribution is 6.04. The van der Waals surface area contributed by atoms with Crippen molar-refractivity contribution in [3.63, 3.8) is 0 Å². The molecule has 0 spiro atoms. The van der Waals surface area contributed by atoms with E-state index in [0.29, 0.717) is 11.3 Å². The summed E-state index contributed by atoms with van der Waals surface area (Å²) in [5.41, 5.74) is 7.28. The van der Waals surface area contributed by atoms with Crippen LogP contribution in [-0.4, -0.2) is 24.9 Å². The Morgan fingerprint density at radius 1 is 1.13 bits per heavy atom. The Hall–Kier alpha value is -2.76. The molecule has 6 heteroatoms. The number of amides is 2. The molecule has 6 nitrogen and oxygen atoms in total. The van der Waals surface area contributed by atoms with Crippen molar-refractivity contribution in [2.24, 2.45) is 5.73 Å². The Balaban J connectivity index is 1.84. The monoisotopic (exact) mass is 313 g/mol. The third-order valence-electron chi connectivity index (χ3n) is 3.96. The van der Waals surface area contributed by atoms with Gasteiger partial charge in [-0.05, 0) is 49.6 Å². The minimum absolute atomic E-state index is 0.214. The van der Waals surface area contributed by atoms with E-state index < -0.39 is 5.91 Å². The lowest BCUT2D eigenvalue weighted by Gasteiger charge is -2.30. The average molecular weight is 313 g/mol. The number of nitrogens with two attached hydrogens (primary N) is 1. The molecular weight excluding hydrogens is 294 g/mol. The number of hydrogen-bond acceptors (Lipinski definition) is 4. The van der Waals surface area contributed by atoms with Gasteiger partial charge in [0.25, 0.3) is 11.8 Å². The second kappa shape index (κ2) is 6.56. The second-order valence-corrected chi connectivity index (χ2v) is 5.58. The highest BCUT2D eigenvalue weighted by Gasteiger charge is 2.18. The van der Waals surface area contributed by atoms with Crippen LogP contribution in [0.4, 0.5) is 11.4 Å². The number of anilines is 2. The third kappa shape index (κ3) is 3.36. The Morgan fingerprint density at radius 3 is 2.57 bits per heavy atom. The summed E-state index contributed by atoms with van der Waals surface area (Å²) in [5.74, 6) is -0.651. The Morgan fingerprint density at radius 2 is 1.91 bits per heavy atom. The van der Waals surface area contributed by atoms with E-state index in [2.05, 4.69) is 10.2 Å². The van der Waals surface area contributed by atoms with Crippen LogP contribution in [0.25, 0.3) is 0 Å². The van der Waals surface area contributed by atoms with E-state index in [0.717, 1.165) is 31.6 Å². The van der Waals surface area contributed by atoms with E-state index in [9.17, 15) is 9.59 Å². The molecule has 0 aliphatic carbocycles. The van der Waals surface area contributed by atoms with Gasteiger partial charge in [0.1, 0.15) is 0 Å². The fourth-order valence-corrected chi connectivity index (χ4v) is 2.82. The van der Waals surface area contributed by atoms with E-state index in [1.54, 1.807) is 24.3 Å². The van der Waals surface area contributed by atoms with Crippen molar-refractivity contribution < 1.29 is 14.0 Å². The van der Waals surface area contributed by atoms with Crippen molar-refractivity contribution in [3.05, 3.63) is 47.9 Å². The first kappa shape index (κ1) is 15.1. The number of benzene rings is 1. The SMILES string of the molecule is NC(=O)c1cc(NC(=O)c2ccco2)ccc1N1CCCCC1. The van der Waals surface area contributed by atoms with Crippen LogP contribution in [0.2, 0.25) is 0 Å². The van der Waals surface area contributed by atoms with Crippen LogP contribution in [0.5, 0.6) is 0 Å². The van der Waals surface area contributed by atoms with E-state index in [4.69, 9.17) is 10.2 Å². The second-order valence-electron chi connectivity index (χ2n) is 5.58. The number of nitrogens with one attached hydrogen (secondary N) is 1. The van der Waals surface area contributed by atoms with Crippen LogP contribution in [0.15, 0.2) is 41.0 Å². The molecule has 1 aromatic heterocycles. The highest BCUT2D eigenvalue weighted by atomic mass is 16.3. The lowest BCUT2D eigenvalue weighted by molar-refractivity contribution is 0.0988. The zero-order valence-corrected chi connectivity index (χ0v) is 12.7. The fourth-order valence-electron chi connectivity index (χ4n) is 2.82.